The van der Waals surface area contributed by atoms with Gasteiger partial charge in [0, 0.05) is 6.42 Å². The maximum absolute atomic E-state index is 5.78. The van der Waals surface area contributed by atoms with E-state index in [2.05, 4.69) is 41.0 Å². The molecule has 0 aliphatic carbocycles. The maximum Gasteiger partial charge on any atom is 0.122 e. The zero-order valence-corrected chi connectivity index (χ0v) is 12.4. The molecule has 0 amide bonds. The van der Waals surface area contributed by atoms with Crippen LogP contribution in [0.15, 0.2) is 18.2 Å². The Kier molecular flexibility index (Phi) is 3.69. The number of nitrogens with one attached hydrogen (secondary N) is 1. The fourth-order valence-corrected chi connectivity index (χ4v) is 3.41. The van der Waals surface area contributed by atoms with Crippen LogP contribution >= 0.6 is 11.5 Å². The summed E-state index contributed by atoms with van der Waals surface area (Å²) in [5, 5.41) is 4.23. The highest BCUT2D eigenvalue weighted by Gasteiger charge is 2.23. The van der Waals surface area contributed by atoms with E-state index in [1.54, 1.807) is 0 Å². The molecule has 3 rings (SSSR count). The van der Waals surface area contributed by atoms with Crippen LogP contribution in [-0.2, 0) is 6.42 Å². The minimum Gasteiger partial charge on any atom is -0.493 e. The molecular weight excluding hydrogens is 272 g/mol. The van der Waals surface area contributed by atoms with Crippen molar-refractivity contribution in [2.45, 2.75) is 32.2 Å². The molecule has 1 aromatic heterocycles. The van der Waals surface area contributed by atoms with E-state index in [0.29, 0.717) is 5.92 Å². The molecule has 0 spiro atoms. The van der Waals surface area contributed by atoms with E-state index in [0.717, 1.165) is 34.9 Å². The second kappa shape index (κ2) is 5.47. The number of nitrogens with two attached hydrogens (primary N) is 1. The number of aromatic nitrogens is 2. The molecule has 0 saturated carbocycles. The second-order valence-corrected chi connectivity index (χ2v) is 6.03. The SMILES string of the molecule is CC(C)c1nnsc1C(NN)c1ccc2c(c1)CCO2. The van der Waals surface area contributed by atoms with Gasteiger partial charge < -0.3 is 4.74 Å². The monoisotopic (exact) mass is 290 g/mol. The van der Waals surface area contributed by atoms with Crippen LogP contribution in [0.2, 0.25) is 0 Å². The van der Waals surface area contributed by atoms with Crippen LogP contribution in [0.4, 0.5) is 0 Å². The molecular formula is C14H18N4OS. The van der Waals surface area contributed by atoms with E-state index in [-0.39, 0.29) is 6.04 Å². The van der Waals surface area contributed by atoms with E-state index in [9.17, 15) is 0 Å². The Morgan fingerprint density at radius 3 is 3.00 bits per heavy atom. The van der Waals surface area contributed by atoms with Gasteiger partial charge in [-0.1, -0.05) is 24.4 Å². The van der Waals surface area contributed by atoms with Gasteiger partial charge in [-0.2, -0.15) is 0 Å². The number of hydrazine groups is 1. The maximum atomic E-state index is 5.78. The van der Waals surface area contributed by atoms with Crippen molar-refractivity contribution >= 4 is 11.5 Å². The molecule has 1 aliphatic rings. The number of nitrogens with zero attached hydrogens (tertiary/aromatic N) is 2. The molecule has 5 nitrogen and oxygen atoms in total. The van der Waals surface area contributed by atoms with Crippen molar-refractivity contribution in [1.29, 1.82) is 0 Å². The van der Waals surface area contributed by atoms with Crippen molar-refractivity contribution in [2.24, 2.45) is 5.84 Å². The third kappa shape index (κ3) is 2.30. The predicted molar refractivity (Wildman–Crippen MR) is 78.8 cm³/mol. The van der Waals surface area contributed by atoms with Crippen LogP contribution < -0.4 is 16.0 Å². The zero-order chi connectivity index (χ0) is 14.1. The van der Waals surface area contributed by atoms with Gasteiger partial charge in [0.1, 0.15) is 5.75 Å². The molecule has 0 bridgehead atoms. The molecule has 0 fully saturated rings. The highest BCUT2D eigenvalue weighted by Crippen LogP contribution is 2.33. The third-order valence-electron chi connectivity index (χ3n) is 3.56. The van der Waals surface area contributed by atoms with Crippen LogP contribution in [0.3, 0.4) is 0 Å². The topological polar surface area (TPSA) is 73.1 Å². The van der Waals surface area contributed by atoms with Gasteiger partial charge in [0.05, 0.1) is 23.2 Å². The van der Waals surface area contributed by atoms with Crippen LogP contribution in [0.1, 0.15) is 47.5 Å². The smallest absolute Gasteiger partial charge is 0.122 e. The first-order valence-electron chi connectivity index (χ1n) is 6.74. The second-order valence-electron chi connectivity index (χ2n) is 5.24. The Hall–Kier alpha value is -1.50. The fraction of sp³-hybridized carbons (Fsp3) is 0.429. The summed E-state index contributed by atoms with van der Waals surface area (Å²) in [7, 11) is 0. The number of fused-ring (bicyclic) bond motifs is 1. The highest BCUT2D eigenvalue weighted by atomic mass is 32.1. The van der Waals surface area contributed by atoms with Crippen molar-refractivity contribution in [3.05, 3.63) is 39.9 Å². The lowest BCUT2D eigenvalue weighted by Gasteiger charge is -2.17. The van der Waals surface area contributed by atoms with Crippen molar-refractivity contribution in [3.8, 4) is 5.75 Å². The van der Waals surface area contributed by atoms with Crippen LogP contribution in [0.25, 0.3) is 0 Å². The van der Waals surface area contributed by atoms with Crippen molar-refractivity contribution in [2.75, 3.05) is 6.61 Å². The summed E-state index contributed by atoms with van der Waals surface area (Å²) in [5.41, 5.74) is 6.28. The predicted octanol–water partition coefficient (Wildman–Crippen LogP) is 2.15. The average Bonchev–Trinajstić information content (AvgIpc) is 3.07. The molecule has 0 radical (unpaired) electrons. The van der Waals surface area contributed by atoms with Gasteiger partial charge in [-0.25, -0.2) is 5.43 Å². The Morgan fingerprint density at radius 1 is 1.40 bits per heavy atom. The normalized spacial score (nSPS) is 15.2. The molecule has 1 aromatic carbocycles. The standard InChI is InChI=1S/C14H18N4OS/c1-8(2)12-14(20-18-17-12)13(16-15)10-3-4-11-9(7-10)5-6-19-11/h3-4,7-8,13,16H,5-6,15H2,1-2H3. The molecule has 1 unspecified atom stereocenters. The van der Waals surface area contributed by atoms with Gasteiger partial charge in [0.15, 0.2) is 0 Å². The van der Waals surface area contributed by atoms with Crippen LogP contribution in [-0.4, -0.2) is 16.2 Å². The Balaban J connectivity index is 1.99. The molecule has 2 aromatic rings. The van der Waals surface area contributed by atoms with Gasteiger partial charge in [-0.05, 0) is 40.7 Å². The molecule has 1 atom stereocenters. The van der Waals surface area contributed by atoms with E-state index >= 15 is 0 Å². The Bertz CT molecular complexity index is 611. The zero-order valence-electron chi connectivity index (χ0n) is 11.6. The first kappa shape index (κ1) is 13.5. The number of benzene rings is 1. The van der Waals surface area contributed by atoms with Crippen LogP contribution in [0.5, 0.6) is 5.75 Å². The minimum absolute atomic E-state index is 0.0710. The van der Waals surface area contributed by atoms with Crippen molar-refractivity contribution in [1.82, 2.24) is 15.0 Å². The molecule has 6 heteroatoms. The van der Waals surface area contributed by atoms with Gasteiger partial charge in [-0.15, -0.1) is 5.10 Å². The molecule has 106 valence electrons. The Labute approximate surface area is 122 Å². The van der Waals surface area contributed by atoms with E-state index in [1.807, 2.05) is 6.07 Å². The molecule has 2 heterocycles. The molecule has 0 saturated heterocycles. The Morgan fingerprint density at radius 2 is 2.25 bits per heavy atom. The van der Waals surface area contributed by atoms with E-state index in [1.165, 1.54) is 17.1 Å². The highest BCUT2D eigenvalue weighted by molar-refractivity contribution is 7.05. The number of hydrogen-bond acceptors (Lipinski definition) is 6. The first-order chi connectivity index (χ1) is 9.70. The average molecular weight is 290 g/mol. The number of rotatable bonds is 4. The summed E-state index contributed by atoms with van der Waals surface area (Å²) < 4.78 is 9.63. The van der Waals surface area contributed by atoms with Crippen molar-refractivity contribution in [3.63, 3.8) is 0 Å². The van der Waals surface area contributed by atoms with E-state index in [4.69, 9.17) is 10.6 Å². The lowest BCUT2D eigenvalue weighted by atomic mass is 9.98. The first-order valence-corrected chi connectivity index (χ1v) is 7.52. The summed E-state index contributed by atoms with van der Waals surface area (Å²) in [6.45, 7) is 4.99. The van der Waals surface area contributed by atoms with Crippen molar-refractivity contribution < 1.29 is 4.74 Å². The van der Waals surface area contributed by atoms with Crippen LogP contribution in [0, 0.1) is 0 Å². The minimum atomic E-state index is -0.0710. The third-order valence-corrected chi connectivity index (χ3v) is 4.37. The number of hydrogen-bond donors (Lipinski definition) is 2. The molecule has 3 N–H and O–H groups in total. The lowest BCUT2D eigenvalue weighted by Crippen LogP contribution is -2.29. The molecule has 20 heavy (non-hydrogen) atoms. The summed E-state index contributed by atoms with van der Waals surface area (Å²) in [5.74, 6) is 7.09. The van der Waals surface area contributed by atoms with Gasteiger partial charge in [-0.3, -0.25) is 5.84 Å². The summed E-state index contributed by atoms with van der Waals surface area (Å²) >= 11 is 1.40. The largest absolute Gasteiger partial charge is 0.493 e. The lowest BCUT2D eigenvalue weighted by molar-refractivity contribution is 0.357. The summed E-state index contributed by atoms with van der Waals surface area (Å²) in [6.07, 6.45) is 0.957. The van der Waals surface area contributed by atoms with Gasteiger partial charge >= 0.3 is 0 Å². The fourth-order valence-electron chi connectivity index (χ4n) is 2.51. The summed E-state index contributed by atoms with van der Waals surface area (Å²) in [4.78, 5) is 1.08. The summed E-state index contributed by atoms with van der Waals surface area (Å²) in [6, 6.07) is 6.17. The number of ether oxygens (including phenoxy) is 1. The van der Waals surface area contributed by atoms with E-state index < -0.39 is 0 Å². The van der Waals surface area contributed by atoms with Gasteiger partial charge in [0.25, 0.3) is 0 Å². The quantitative estimate of drug-likeness (QED) is 0.667. The molecule has 1 aliphatic heterocycles. The van der Waals surface area contributed by atoms with Gasteiger partial charge in [0.2, 0.25) is 0 Å².